The van der Waals surface area contributed by atoms with Gasteiger partial charge in [0, 0.05) is 24.9 Å². The van der Waals surface area contributed by atoms with E-state index in [1.165, 1.54) is 5.56 Å². The summed E-state index contributed by atoms with van der Waals surface area (Å²) in [5.74, 6) is 0.406. The first kappa shape index (κ1) is 18.5. The predicted octanol–water partition coefficient (Wildman–Crippen LogP) is 3.16. The van der Waals surface area contributed by atoms with E-state index in [4.69, 9.17) is 9.47 Å². The van der Waals surface area contributed by atoms with Crippen molar-refractivity contribution in [2.24, 2.45) is 0 Å². The van der Waals surface area contributed by atoms with Gasteiger partial charge in [0.25, 0.3) is 11.8 Å². The van der Waals surface area contributed by atoms with Crippen molar-refractivity contribution in [2.45, 2.75) is 38.4 Å². The number of carbonyl (C=O) groups is 2. The molecule has 2 unspecified atom stereocenters. The number of hydrogen-bond donors (Lipinski definition) is 1. The zero-order valence-corrected chi connectivity index (χ0v) is 15.9. The fourth-order valence-corrected chi connectivity index (χ4v) is 3.61. The van der Waals surface area contributed by atoms with E-state index in [2.05, 4.69) is 17.4 Å². The molecular weight excluding hydrogens is 356 g/mol. The van der Waals surface area contributed by atoms with Crippen LogP contribution in [0.15, 0.2) is 48.5 Å². The Morgan fingerprint density at radius 3 is 2.79 bits per heavy atom. The first-order valence-corrected chi connectivity index (χ1v) is 9.70. The second kappa shape index (κ2) is 8.02. The number of anilines is 2. The maximum Gasteiger partial charge on any atom is 0.267 e. The van der Waals surface area contributed by atoms with E-state index in [0.717, 1.165) is 24.9 Å². The number of nitrogens with one attached hydrogen (secondary N) is 1. The Bertz CT molecular complexity index is 862. The maximum absolute atomic E-state index is 12.7. The lowest BCUT2D eigenvalue weighted by Gasteiger charge is -2.33. The third-order valence-corrected chi connectivity index (χ3v) is 5.12. The van der Waals surface area contributed by atoms with Crippen LogP contribution in [0.1, 0.15) is 25.3 Å². The van der Waals surface area contributed by atoms with Gasteiger partial charge in [-0.3, -0.25) is 9.59 Å². The molecule has 2 aromatic carbocycles. The van der Waals surface area contributed by atoms with Crippen LogP contribution in [0.3, 0.4) is 0 Å². The largest absolute Gasteiger partial charge is 0.479 e. The highest BCUT2D eigenvalue weighted by atomic mass is 16.5. The van der Waals surface area contributed by atoms with Crippen LogP contribution in [0.5, 0.6) is 5.75 Å². The standard InChI is InChI=1S/C22H24N2O4/c1-15-22(26)24(12-11-16-6-3-2-4-7-16)18-10-9-17(14-20(18)28-15)23-21(25)19-8-5-13-27-19/h2-4,6-7,9-10,14-15,19H,5,8,11-13H2,1H3,(H,23,25). The van der Waals surface area contributed by atoms with Gasteiger partial charge in [-0.2, -0.15) is 0 Å². The first-order valence-electron chi connectivity index (χ1n) is 9.70. The molecule has 2 amide bonds. The lowest BCUT2D eigenvalue weighted by atomic mass is 10.1. The highest BCUT2D eigenvalue weighted by Gasteiger charge is 2.32. The molecule has 6 nitrogen and oxygen atoms in total. The van der Waals surface area contributed by atoms with E-state index in [-0.39, 0.29) is 17.9 Å². The minimum atomic E-state index is -0.563. The molecule has 1 fully saturated rings. The highest BCUT2D eigenvalue weighted by molar-refractivity contribution is 6.01. The van der Waals surface area contributed by atoms with Crippen LogP contribution in [0.25, 0.3) is 0 Å². The summed E-state index contributed by atoms with van der Waals surface area (Å²) in [7, 11) is 0. The summed E-state index contributed by atoms with van der Waals surface area (Å²) in [5, 5.41) is 2.89. The first-order chi connectivity index (χ1) is 13.6. The van der Waals surface area contributed by atoms with E-state index in [1.807, 2.05) is 24.3 Å². The fourth-order valence-electron chi connectivity index (χ4n) is 3.61. The summed E-state index contributed by atoms with van der Waals surface area (Å²) in [5.41, 5.74) is 2.55. The molecule has 0 saturated carbocycles. The predicted molar refractivity (Wildman–Crippen MR) is 107 cm³/mol. The van der Waals surface area contributed by atoms with Gasteiger partial charge in [0.1, 0.15) is 11.9 Å². The Morgan fingerprint density at radius 2 is 2.04 bits per heavy atom. The molecule has 2 aliphatic heterocycles. The number of ether oxygens (including phenoxy) is 2. The van der Waals surface area contributed by atoms with E-state index >= 15 is 0 Å². The quantitative estimate of drug-likeness (QED) is 0.865. The number of benzene rings is 2. The van der Waals surface area contributed by atoms with Crippen LogP contribution in [0, 0.1) is 0 Å². The number of carbonyl (C=O) groups excluding carboxylic acids is 2. The highest BCUT2D eigenvalue weighted by Crippen LogP contribution is 2.36. The van der Waals surface area contributed by atoms with Crippen molar-refractivity contribution in [3.63, 3.8) is 0 Å². The average Bonchev–Trinajstić information content (AvgIpc) is 3.24. The molecular formula is C22H24N2O4. The van der Waals surface area contributed by atoms with Crippen molar-refractivity contribution < 1.29 is 19.1 Å². The average molecular weight is 380 g/mol. The molecule has 0 aliphatic carbocycles. The van der Waals surface area contributed by atoms with Gasteiger partial charge in [-0.15, -0.1) is 0 Å². The maximum atomic E-state index is 12.7. The molecule has 2 heterocycles. The van der Waals surface area contributed by atoms with E-state index < -0.39 is 6.10 Å². The van der Waals surface area contributed by atoms with Gasteiger partial charge >= 0.3 is 0 Å². The monoisotopic (exact) mass is 380 g/mol. The van der Waals surface area contributed by atoms with Gasteiger partial charge in [-0.1, -0.05) is 30.3 Å². The fraction of sp³-hybridized carbons (Fsp3) is 0.364. The molecule has 0 aromatic heterocycles. The van der Waals surface area contributed by atoms with E-state index in [9.17, 15) is 9.59 Å². The van der Waals surface area contributed by atoms with Gasteiger partial charge in [0.15, 0.2) is 6.10 Å². The Hall–Kier alpha value is -2.86. The van der Waals surface area contributed by atoms with Crippen molar-refractivity contribution in [1.82, 2.24) is 0 Å². The van der Waals surface area contributed by atoms with Gasteiger partial charge in [-0.25, -0.2) is 0 Å². The summed E-state index contributed by atoms with van der Waals surface area (Å²) in [6.45, 7) is 2.95. The van der Waals surface area contributed by atoms with Crippen LogP contribution in [-0.2, 0) is 20.7 Å². The zero-order valence-electron chi connectivity index (χ0n) is 15.9. The molecule has 28 heavy (non-hydrogen) atoms. The normalized spacial score (nSPS) is 21.2. The lowest BCUT2D eigenvalue weighted by molar-refractivity contribution is -0.126. The summed E-state index contributed by atoms with van der Waals surface area (Å²) in [6.07, 6.45) is 1.45. The van der Waals surface area contributed by atoms with Crippen molar-refractivity contribution in [3.05, 3.63) is 54.1 Å². The van der Waals surface area contributed by atoms with E-state index in [1.54, 1.807) is 24.0 Å². The van der Waals surface area contributed by atoms with Crippen molar-refractivity contribution in [1.29, 1.82) is 0 Å². The smallest absolute Gasteiger partial charge is 0.267 e. The number of nitrogens with zero attached hydrogens (tertiary/aromatic N) is 1. The van der Waals surface area contributed by atoms with Crippen LogP contribution in [-0.4, -0.2) is 37.2 Å². The van der Waals surface area contributed by atoms with Crippen LogP contribution in [0.4, 0.5) is 11.4 Å². The van der Waals surface area contributed by atoms with Gasteiger partial charge in [-0.05, 0) is 43.9 Å². The molecule has 2 aromatic rings. The molecule has 146 valence electrons. The van der Waals surface area contributed by atoms with Crippen LogP contribution >= 0.6 is 0 Å². The number of rotatable bonds is 5. The third-order valence-electron chi connectivity index (χ3n) is 5.12. The van der Waals surface area contributed by atoms with Crippen molar-refractivity contribution in [3.8, 4) is 5.75 Å². The summed E-state index contributed by atoms with van der Waals surface area (Å²) >= 11 is 0. The van der Waals surface area contributed by atoms with Gasteiger partial charge in [0.2, 0.25) is 0 Å². The molecule has 0 bridgehead atoms. The molecule has 6 heteroatoms. The number of hydrogen-bond acceptors (Lipinski definition) is 4. The number of fused-ring (bicyclic) bond motifs is 1. The Kier molecular flexibility index (Phi) is 5.30. The van der Waals surface area contributed by atoms with E-state index in [0.29, 0.717) is 24.6 Å². The lowest BCUT2D eigenvalue weighted by Crippen LogP contribution is -2.45. The zero-order chi connectivity index (χ0) is 19.5. The molecule has 0 radical (unpaired) electrons. The van der Waals surface area contributed by atoms with Crippen molar-refractivity contribution in [2.75, 3.05) is 23.4 Å². The number of amides is 2. The van der Waals surface area contributed by atoms with Gasteiger partial charge in [0.05, 0.1) is 5.69 Å². The Morgan fingerprint density at radius 1 is 1.21 bits per heavy atom. The molecule has 0 spiro atoms. The Balaban J connectivity index is 1.51. The minimum absolute atomic E-state index is 0.0560. The molecule has 2 aliphatic rings. The molecule has 1 saturated heterocycles. The minimum Gasteiger partial charge on any atom is -0.479 e. The molecule has 4 rings (SSSR count). The Labute approximate surface area is 164 Å². The van der Waals surface area contributed by atoms with Crippen molar-refractivity contribution >= 4 is 23.2 Å². The molecule has 2 atom stereocenters. The topological polar surface area (TPSA) is 67.9 Å². The summed E-state index contributed by atoms with van der Waals surface area (Å²) < 4.78 is 11.2. The van der Waals surface area contributed by atoms with Gasteiger partial charge < -0.3 is 19.7 Å². The second-order valence-corrected chi connectivity index (χ2v) is 7.16. The second-order valence-electron chi connectivity index (χ2n) is 7.16. The third kappa shape index (κ3) is 3.87. The molecule has 1 N–H and O–H groups in total. The SMILES string of the molecule is CC1Oc2cc(NC(=O)C3CCCO3)ccc2N(CCc2ccccc2)C1=O. The summed E-state index contributed by atoms with van der Waals surface area (Å²) in [6, 6.07) is 15.5. The van der Waals surface area contributed by atoms with Crippen LogP contribution in [0.2, 0.25) is 0 Å². The van der Waals surface area contributed by atoms with Crippen LogP contribution < -0.4 is 15.0 Å². The summed E-state index contributed by atoms with van der Waals surface area (Å²) in [4.78, 5) is 26.7.